The zero-order valence-electron chi connectivity index (χ0n) is 11.6. The van der Waals surface area contributed by atoms with E-state index in [0.717, 1.165) is 38.8 Å². The van der Waals surface area contributed by atoms with Gasteiger partial charge in [0.25, 0.3) is 0 Å². The highest BCUT2D eigenvalue weighted by Crippen LogP contribution is 2.28. The second kappa shape index (κ2) is 6.39. The molecular formula is C14H28N2O. The first-order valence-electron chi connectivity index (χ1n) is 6.90. The average molecular weight is 240 g/mol. The molecule has 1 aliphatic carbocycles. The fraction of sp³-hybridized carbons (Fsp3) is 0.929. The van der Waals surface area contributed by atoms with Crippen molar-refractivity contribution in [3.8, 4) is 0 Å². The molecular weight excluding hydrogens is 212 g/mol. The Labute approximate surface area is 106 Å². The molecule has 3 nitrogen and oxygen atoms in total. The van der Waals surface area contributed by atoms with Gasteiger partial charge in [-0.15, -0.1) is 0 Å². The van der Waals surface area contributed by atoms with Gasteiger partial charge in [0.1, 0.15) is 0 Å². The zero-order chi connectivity index (χ0) is 12.9. The molecule has 0 bridgehead atoms. The van der Waals surface area contributed by atoms with Gasteiger partial charge in [0.05, 0.1) is 0 Å². The second-order valence-corrected chi connectivity index (χ2v) is 6.57. The van der Waals surface area contributed by atoms with Gasteiger partial charge in [-0.3, -0.25) is 4.79 Å². The maximum Gasteiger partial charge on any atom is 0.223 e. The van der Waals surface area contributed by atoms with Gasteiger partial charge in [-0.25, -0.2) is 0 Å². The van der Waals surface area contributed by atoms with E-state index in [9.17, 15) is 4.79 Å². The number of carbonyl (C=O) groups is 1. The van der Waals surface area contributed by atoms with Crippen molar-refractivity contribution in [1.29, 1.82) is 0 Å². The molecule has 0 aromatic heterocycles. The van der Waals surface area contributed by atoms with Gasteiger partial charge in [-0.1, -0.05) is 27.2 Å². The highest BCUT2D eigenvalue weighted by Gasteiger charge is 2.26. The molecule has 2 atom stereocenters. The third-order valence-corrected chi connectivity index (χ3v) is 3.66. The van der Waals surface area contributed by atoms with Gasteiger partial charge in [0, 0.05) is 12.5 Å². The highest BCUT2D eigenvalue weighted by atomic mass is 16.1. The van der Waals surface area contributed by atoms with Gasteiger partial charge < -0.3 is 11.1 Å². The van der Waals surface area contributed by atoms with Crippen LogP contribution < -0.4 is 11.1 Å². The van der Waals surface area contributed by atoms with Gasteiger partial charge in [-0.05, 0) is 43.6 Å². The van der Waals surface area contributed by atoms with Crippen LogP contribution in [0.3, 0.4) is 0 Å². The van der Waals surface area contributed by atoms with E-state index in [1.165, 1.54) is 6.42 Å². The molecule has 1 rings (SSSR count). The fourth-order valence-corrected chi connectivity index (χ4v) is 2.45. The minimum absolute atomic E-state index is 0.206. The molecule has 2 unspecified atom stereocenters. The van der Waals surface area contributed by atoms with Gasteiger partial charge in [0.2, 0.25) is 5.91 Å². The summed E-state index contributed by atoms with van der Waals surface area (Å²) in [7, 11) is 0. The molecule has 1 aliphatic rings. The van der Waals surface area contributed by atoms with Crippen molar-refractivity contribution in [2.24, 2.45) is 23.0 Å². The minimum atomic E-state index is 0.206. The Morgan fingerprint density at radius 2 is 2.06 bits per heavy atom. The summed E-state index contributed by atoms with van der Waals surface area (Å²) in [6.45, 7) is 8.12. The van der Waals surface area contributed by atoms with Crippen LogP contribution in [0.4, 0.5) is 0 Å². The smallest absolute Gasteiger partial charge is 0.223 e. The monoisotopic (exact) mass is 240 g/mol. The molecule has 0 aliphatic heterocycles. The molecule has 0 saturated heterocycles. The van der Waals surface area contributed by atoms with Crippen molar-refractivity contribution < 1.29 is 4.79 Å². The molecule has 0 spiro atoms. The fourth-order valence-electron chi connectivity index (χ4n) is 2.45. The topological polar surface area (TPSA) is 55.1 Å². The van der Waals surface area contributed by atoms with Gasteiger partial charge in [0.15, 0.2) is 0 Å². The Morgan fingerprint density at radius 3 is 2.65 bits per heavy atom. The Kier molecular flexibility index (Phi) is 5.44. The van der Waals surface area contributed by atoms with E-state index in [1.54, 1.807) is 0 Å². The second-order valence-electron chi connectivity index (χ2n) is 6.57. The molecule has 1 amide bonds. The summed E-state index contributed by atoms with van der Waals surface area (Å²) in [5.41, 5.74) is 5.98. The van der Waals surface area contributed by atoms with Crippen LogP contribution in [-0.4, -0.2) is 19.0 Å². The van der Waals surface area contributed by atoms with E-state index in [-0.39, 0.29) is 11.8 Å². The first kappa shape index (κ1) is 14.5. The number of rotatable bonds is 4. The standard InChI is InChI=1S/C14H28N2O/c1-14(2,3)7-8-16-13(17)12-6-4-5-11(9-12)10-15/h11-12H,4-10,15H2,1-3H3,(H,16,17). The lowest BCUT2D eigenvalue weighted by molar-refractivity contribution is -0.126. The van der Waals surface area contributed by atoms with Crippen molar-refractivity contribution in [2.45, 2.75) is 52.9 Å². The number of nitrogens with one attached hydrogen (secondary N) is 1. The van der Waals surface area contributed by atoms with Crippen molar-refractivity contribution in [2.75, 3.05) is 13.1 Å². The van der Waals surface area contributed by atoms with Crippen LogP contribution in [0.15, 0.2) is 0 Å². The summed E-state index contributed by atoms with van der Waals surface area (Å²) >= 11 is 0. The Hall–Kier alpha value is -0.570. The quantitative estimate of drug-likeness (QED) is 0.792. The Bertz CT molecular complexity index is 245. The first-order valence-corrected chi connectivity index (χ1v) is 6.90. The maximum atomic E-state index is 12.0. The Morgan fingerprint density at radius 1 is 1.35 bits per heavy atom. The molecule has 3 N–H and O–H groups in total. The van der Waals surface area contributed by atoms with Gasteiger partial charge >= 0.3 is 0 Å². The molecule has 3 heteroatoms. The normalized spacial score (nSPS) is 25.6. The number of hydrogen-bond donors (Lipinski definition) is 2. The van der Waals surface area contributed by atoms with E-state index < -0.39 is 0 Å². The van der Waals surface area contributed by atoms with Crippen LogP contribution in [-0.2, 0) is 4.79 Å². The predicted molar refractivity (Wildman–Crippen MR) is 71.6 cm³/mol. The summed E-state index contributed by atoms with van der Waals surface area (Å²) in [5, 5.41) is 3.07. The number of carbonyl (C=O) groups excluding carboxylic acids is 1. The number of hydrogen-bond acceptors (Lipinski definition) is 2. The van der Waals surface area contributed by atoms with Crippen LogP contribution in [0.25, 0.3) is 0 Å². The van der Waals surface area contributed by atoms with Crippen molar-refractivity contribution >= 4 is 5.91 Å². The lowest BCUT2D eigenvalue weighted by Crippen LogP contribution is -2.36. The lowest BCUT2D eigenvalue weighted by Gasteiger charge is -2.28. The van der Waals surface area contributed by atoms with E-state index in [1.807, 2.05) is 0 Å². The summed E-state index contributed by atoms with van der Waals surface area (Å²) in [6.07, 6.45) is 5.41. The lowest BCUT2D eigenvalue weighted by atomic mass is 9.81. The maximum absolute atomic E-state index is 12.0. The van der Waals surface area contributed by atoms with Crippen molar-refractivity contribution in [3.63, 3.8) is 0 Å². The van der Waals surface area contributed by atoms with E-state index in [0.29, 0.717) is 11.3 Å². The molecule has 17 heavy (non-hydrogen) atoms. The molecule has 1 saturated carbocycles. The SMILES string of the molecule is CC(C)(C)CCNC(=O)C1CCCC(CN)C1. The molecule has 0 aromatic rings. The molecule has 100 valence electrons. The minimum Gasteiger partial charge on any atom is -0.356 e. The van der Waals surface area contributed by atoms with Crippen molar-refractivity contribution in [3.05, 3.63) is 0 Å². The van der Waals surface area contributed by atoms with Crippen molar-refractivity contribution in [1.82, 2.24) is 5.32 Å². The first-order chi connectivity index (χ1) is 7.92. The zero-order valence-corrected chi connectivity index (χ0v) is 11.6. The van der Waals surface area contributed by atoms with Crippen LogP contribution in [0.2, 0.25) is 0 Å². The largest absolute Gasteiger partial charge is 0.356 e. The summed E-state index contributed by atoms with van der Waals surface area (Å²) in [4.78, 5) is 12.0. The average Bonchev–Trinajstić information content (AvgIpc) is 2.27. The van der Waals surface area contributed by atoms with Gasteiger partial charge in [-0.2, -0.15) is 0 Å². The van der Waals surface area contributed by atoms with Crippen LogP contribution >= 0.6 is 0 Å². The van der Waals surface area contributed by atoms with E-state index in [4.69, 9.17) is 5.73 Å². The third-order valence-electron chi connectivity index (χ3n) is 3.66. The Balaban J connectivity index is 2.27. The number of amides is 1. The summed E-state index contributed by atoms with van der Waals surface area (Å²) in [6, 6.07) is 0. The molecule has 0 radical (unpaired) electrons. The highest BCUT2D eigenvalue weighted by molar-refractivity contribution is 5.78. The van der Waals surface area contributed by atoms with Crippen LogP contribution in [0, 0.1) is 17.3 Å². The summed E-state index contributed by atoms with van der Waals surface area (Å²) < 4.78 is 0. The number of nitrogens with two attached hydrogens (primary N) is 1. The molecule has 0 aromatic carbocycles. The van der Waals surface area contributed by atoms with E-state index >= 15 is 0 Å². The molecule has 0 heterocycles. The molecule has 1 fully saturated rings. The van der Waals surface area contributed by atoms with E-state index in [2.05, 4.69) is 26.1 Å². The van der Waals surface area contributed by atoms with Crippen LogP contribution in [0.1, 0.15) is 52.9 Å². The third kappa shape index (κ3) is 5.53. The van der Waals surface area contributed by atoms with Crippen LogP contribution in [0.5, 0.6) is 0 Å². The summed E-state index contributed by atoms with van der Waals surface area (Å²) in [5.74, 6) is 1.01. The predicted octanol–water partition coefficient (Wildman–Crippen LogP) is 2.30.